The number of amides is 2. The second-order valence-corrected chi connectivity index (χ2v) is 6.10. The van der Waals surface area contributed by atoms with E-state index in [9.17, 15) is 9.59 Å². The molecule has 30 heavy (non-hydrogen) atoms. The fourth-order valence-electron chi connectivity index (χ4n) is 2.45. The third kappa shape index (κ3) is 7.44. The topological polar surface area (TPSA) is 155 Å². The first-order chi connectivity index (χ1) is 14.7. The molecule has 0 radical (unpaired) electrons. The van der Waals surface area contributed by atoms with Gasteiger partial charge >= 0.3 is 0 Å². The molecule has 1 unspecified atom stereocenters. The van der Waals surface area contributed by atoms with Gasteiger partial charge in [0.2, 0.25) is 0 Å². The third-order valence-electron chi connectivity index (χ3n) is 3.90. The van der Waals surface area contributed by atoms with E-state index >= 15 is 0 Å². The summed E-state index contributed by atoms with van der Waals surface area (Å²) in [6, 6.07) is 15.3. The van der Waals surface area contributed by atoms with Crippen molar-refractivity contribution in [3.63, 3.8) is 0 Å². The zero-order valence-corrected chi connectivity index (χ0v) is 16.3. The van der Waals surface area contributed by atoms with Crippen LogP contribution in [-0.4, -0.2) is 38.1 Å². The summed E-state index contributed by atoms with van der Waals surface area (Å²) in [6.45, 7) is 1.25. The average Bonchev–Trinajstić information content (AvgIpc) is 2.79. The molecule has 0 bridgehead atoms. The number of azo groups is 1. The van der Waals surface area contributed by atoms with Gasteiger partial charge in [-0.15, -0.1) is 10.2 Å². The maximum atomic E-state index is 12.6. The minimum atomic E-state index is -0.915. The van der Waals surface area contributed by atoms with Crippen LogP contribution in [0, 0.1) is 0 Å². The van der Waals surface area contributed by atoms with Crippen LogP contribution in [0.15, 0.2) is 69.9 Å². The maximum Gasteiger partial charge on any atom is 0.297 e. The van der Waals surface area contributed by atoms with Gasteiger partial charge in [-0.05, 0) is 41.8 Å². The average molecular weight is 409 g/mol. The minimum Gasteiger partial charge on any atom is -0.363 e. The van der Waals surface area contributed by atoms with Crippen LogP contribution in [0.2, 0.25) is 0 Å². The van der Waals surface area contributed by atoms with Crippen molar-refractivity contribution >= 4 is 17.5 Å². The molecule has 2 aromatic rings. The van der Waals surface area contributed by atoms with Gasteiger partial charge in [-0.1, -0.05) is 35.4 Å². The number of nitrogens with one attached hydrogen (secondary N) is 1. The molecular formula is C20H23N7O3. The molecule has 1 atom stereocenters. The van der Waals surface area contributed by atoms with Crippen LogP contribution in [0.4, 0.5) is 5.69 Å². The Bertz CT molecular complexity index is 894. The summed E-state index contributed by atoms with van der Waals surface area (Å²) in [4.78, 5) is 27.1. The molecule has 0 spiro atoms. The number of nitrogens with zero attached hydrogens (tertiary/aromatic N) is 5. The summed E-state index contributed by atoms with van der Waals surface area (Å²) in [7, 11) is 0. The van der Waals surface area contributed by atoms with E-state index in [2.05, 4.69) is 25.6 Å². The molecule has 0 heterocycles. The molecule has 3 N–H and O–H groups in total. The summed E-state index contributed by atoms with van der Waals surface area (Å²) in [5, 5.41) is 13.8. The number of benzene rings is 2. The van der Waals surface area contributed by atoms with E-state index in [-0.39, 0.29) is 19.1 Å². The molecule has 2 rings (SSSR count). The first-order valence-electron chi connectivity index (χ1n) is 9.37. The summed E-state index contributed by atoms with van der Waals surface area (Å²) in [5.74, 6) is -0.798. The highest BCUT2D eigenvalue weighted by Gasteiger charge is 2.21. The van der Waals surface area contributed by atoms with Crippen molar-refractivity contribution in [2.45, 2.75) is 12.5 Å². The first kappa shape index (κ1) is 22.7. The number of ether oxygens (including phenoxy) is 1. The lowest BCUT2D eigenvalue weighted by Crippen LogP contribution is -2.28. The van der Waals surface area contributed by atoms with Gasteiger partial charge in [0.15, 0.2) is 6.10 Å². The van der Waals surface area contributed by atoms with Crippen LogP contribution in [0.25, 0.3) is 10.4 Å². The predicted octanol–water partition coefficient (Wildman–Crippen LogP) is 3.44. The number of rotatable bonds is 11. The van der Waals surface area contributed by atoms with Gasteiger partial charge in [0.1, 0.15) is 0 Å². The lowest BCUT2D eigenvalue weighted by atomic mass is 10.1. The lowest BCUT2D eigenvalue weighted by Gasteiger charge is -2.14. The van der Waals surface area contributed by atoms with Crippen molar-refractivity contribution < 1.29 is 14.3 Å². The molecule has 2 amide bonds. The Morgan fingerprint density at radius 1 is 1.13 bits per heavy atom. The quantitative estimate of drug-likeness (QED) is 0.252. The van der Waals surface area contributed by atoms with Crippen molar-refractivity contribution in [2.24, 2.45) is 21.1 Å². The summed E-state index contributed by atoms with van der Waals surface area (Å²) >= 11 is 0. The molecule has 156 valence electrons. The van der Waals surface area contributed by atoms with Crippen molar-refractivity contribution in [3.05, 3.63) is 76.2 Å². The Morgan fingerprint density at radius 3 is 2.53 bits per heavy atom. The molecule has 0 aliphatic rings. The molecule has 0 aliphatic carbocycles. The monoisotopic (exact) mass is 409 g/mol. The van der Waals surface area contributed by atoms with Gasteiger partial charge in [0.25, 0.3) is 11.8 Å². The number of hydrogen-bond donors (Lipinski definition) is 2. The van der Waals surface area contributed by atoms with Crippen molar-refractivity contribution in [1.82, 2.24) is 5.32 Å². The Kier molecular flexibility index (Phi) is 9.67. The molecule has 10 heteroatoms. The summed E-state index contributed by atoms with van der Waals surface area (Å²) < 4.78 is 5.66. The fourth-order valence-corrected chi connectivity index (χ4v) is 2.45. The Balaban J connectivity index is 2.03. The van der Waals surface area contributed by atoms with Crippen LogP contribution >= 0.6 is 0 Å². The Hall–Kier alpha value is -3.59. The van der Waals surface area contributed by atoms with Crippen LogP contribution < -0.4 is 11.1 Å². The number of carbonyl (C=O) groups excluding carboxylic acids is 2. The standard InChI is InChI=1S/C20H23N7O3/c21-11-13-23-19(28)16-7-9-17(10-8-16)25-26-20(29)18(15-5-2-1-3-6-15)30-14-4-12-24-27-22/h1-3,5-10,18H,4,11-14,21H2,(H,23,28). The largest absolute Gasteiger partial charge is 0.363 e. The molecule has 0 saturated heterocycles. The van der Waals surface area contributed by atoms with Gasteiger partial charge in [-0.25, -0.2) is 0 Å². The van der Waals surface area contributed by atoms with Gasteiger partial charge in [-0.3, -0.25) is 9.59 Å². The third-order valence-corrected chi connectivity index (χ3v) is 3.90. The highest BCUT2D eigenvalue weighted by atomic mass is 16.5. The van der Waals surface area contributed by atoms with Crippen LogP contribution in [0.1, 0.15) is 28.4 Å². The lowest BCUT2D eigenvalue weighted by molar-refractivity contribution is -0.130. The number of azide groups is 1. The van der Waals surface area contributed by atoms with E-state index in [0.29, 0.717) is 36.3 Å². The van der Waals surface area contributed by atoms with Crippen molar-refractivity contribution in [2.75, 3.05) is 26.2 Å². The fraction of sp³-hybridized carbons (Fsp3) is 0.300. The van der Waals surface area contributed by atoms with E-state index in [0.717, 1.165) is 0 Å². The van der Waals surface area contributed by atoms with Gasteiger partial charge < -0.3 is 15.8 Å². The number of carbonyl (C=O) groups is 2. The maximum absolute atomic E-state index is 12.6. The predicted molar refractivity (Wildman–Crippen MR) is 111 cm³/mol. The van der Waals surface area contributed by atoms with Crippen LogP contribution in [0.3, 0.4) is 0 Å². The smallest absolute Gasteiger partial charge is 0.297 e. The summed E-state index contributed by atoms with van der Waals surface area (Å²) in [5.41, 5.74) is 15.2. The highest BCUT2D eigenvalue weighted by molar-refractivity contribution is 5.94. The van der Waals surface area contributed by atoms with Crippen molar-refractivity contribution in [1.29, 1.82) is 0 Å². The molecule has 0 aromatic heterocycles. The van der Waals surface area contributed by atoms with Crippen LogP contribution in [0.5, 0.6) is 0 Å². The van der Waals surface area contributed by atoms with E-state index in [1.165, 1.54) is 0 Å². The van der Waals surface area contributed by atoms with Crippen LogP contribution in [-0.2, 0) is 9.53 Å². The Labute approximate surface area is 173 Å². The molecule has 0 saturated carbocycles. The SMILES string of the molecule is [N-]=[N+]=NCCCOC(C(=O)N=Nc1ccc(C(=O)NCCN)cc1)c1ccccc1. The number of nitrogens with two attached hydrogens (primary N) is 1. The van der Waals surface area contributed by atoms with Gasteiger partial charge in [0, 0.05) is 36.7 Å². The number of hydrogen-bond acceptors (Lipinski definition) is 6. The van der Waals surface area contributed by atoms with Gasteiger partial charge in [0.05, 0.1) is 5.69 Å². The van der Waals surface area contributed by atoms with Crippen molar-refractivity contribution in [3.8, 4) is 0 Å². The first-order valence-corrected chi connectivity index (χ1v) is 9.37. The molecule has 0 aliphatic heterocycles. The molecule has 10 nitrogen and oxygen atoms in total. The Morgan fingerprint density at radius 2 is 1.87 bits per heavy atom. The zero-order valence-electron chi connectivity index (χ0n) is 16.3. The van der Waals surface area contributed by atoms with E-state index < -0.39 is 12.0 Å². The van der Waals surface area contributed by atoms with E-state index in [1.54, 1.807) is 48.5 Å². The second-order valence-electron chi connectivity index (χ2n) is 6.10. The van der Waals surface area contributed by atoms with Gasteiger partial charge in [-0.2, -0.15) is 0 Å². The van der Waals surface area contributed by atoms with E-state index in [4.69, 9.17) is 16.0 Å². The second kappa shape index (κ2) is 12.8. The molecular weight excluding hydrogens is 386 g/mol. The normalized spacial score (nSPS) is 11.6. The minimum absolute atomic E-state index is 0.229. The highest BCUT2D eigenvalue weighted by Crippen LogP contribution is 2.21. The zero-order chi connectivity index (χ0) is 21.6. The molecule has 2 aromatic carbocycles. The summed E-state index contributed by atoms with van der Waals surface area (Å²) in [6.07, 6.45) is -0.437. The van der Waals surface area contributed by atoms with E-state index in [1.807, 2.05) is 6.07 Å². The molecule has 0 fully saturated rings.